The molecule has 1 atom stereocenters. The molecule has 1 unspecified atom stereocenters. The van der Waals surface area contributed by atoms with Crippen molar-refractivity contribution in [2.75, 3.05) is 26.3 Å². The molecule has 25 heavy (non-hydrogen) atoms. The standard InChI is InChI=1S/C17H15N3O4S/c1-4-5-23-13-6-10(21-2)7-14-11(13)8-15(24-14)12-9-20-16(18-12)25-17(19-20)22-3/h1,6-9,17,19H,5H2,2-3H3. The Morgan fingerprint density at radius 2 is 2.28 bits per heavy atom. The van der Waals surface area contributed by atoms with Gasteiger partial charge in [0.05, 0.1) is 18.7 Å². The lowest BCUT2D eigenvalue weighted by Gasteiger charge is -2.06. The molecule has 0 spiro atoms. The Labute approximate surface area is 148 Å². The summed E-state index contributed by atoms with van der Waals surface area (Å²) in [6, 6.07) is 5.48. The third-order valence-corrected chi connectivity index (χ3v) is 4.73. The van der Waals surface area contributed by atoms with Crippen LogP contribution in [0.5, 0.6) is 11.5 Å². The van der Waals surface area contributed by atoms with Gasteiger partial charge in [0.15, 0.2) is 16.5 Å². The number of fused-ring (bicyclic) bond motifs is 2. The van der Waals surface area contributed by atoms with E-state index in [2.05, 4.69) is 16.3 Å². The minimum Gasteiger partial charge on any atom is -0.496 e. The van der Waals surface area contributed by atoms with E-state index in [1.54, 1.807) is 26.4 Å². The molecule has 0 radical (unpaired) electrons. The molecule has 3 aromatic rings. The van der Waals surface area contributed by atoms with E-state index in [4.69, 9.17) is 25.1 Å². The summed E-state index contributed by atoms with van der Waals surface area (Å²) in [5.41, 5.74) is 4.37. The molecule has 1 aliphatic heterocycles. The van der Waals surface area contributed by atoms with E-state index in [9.17, 15) is 0 Å². The van der Waals surface area contributed by atoms with Crippen molar-refractivity contribution in [1.29, 1.82) is 0 Å². The Morgan fingerprint density at radius 3 is 3.00 bits per heavy atom. The highest BCUT2D eigenvalue weighted by Gasteiger charge is 2.25. The number of nitrogens with zero attached hydrogens (tertiary/aromatic N) is 2. The molecule has 1 aromatic carbocycles. The molecule has 1 aliphatic rings. The van der Waals surface area contributed by atoms with Gasteiger partial charge in [0.25, 0.3) is 0 Å². The normalized spacial score (nSPS) is 15.6. The number of aromatic nitrogens is 2. The van der Waals surface area contributed by atoms with Crippen LogP contribution in [0.3, 0.4) is 0 Å². The van der Waals surface area contributed by atoms with Gasteiger partial charge in [-0.1, -0.05) is 5.92 Å². The van der Waals surface area contributed by atoms with E-state index < -0.39 is 0 Å². The fraction of sp³-hybridized carbons (Fsp3) is 0.235. The molecule has 0 saturated carbocycles. The number of ether oxygens (including phenoxy) is 3. The van der Waals surface area contributed by atoms with Crippen molar-refractivity contribution in [3.63, 3.8) is 0 Å². The summed E-state index contributed by atoms with van der Waals surface area (Å²) in [6.45, 7) is 0.167. The first-order chi connectivity index (χ1) is 12.2. The highest BCUT2D eigenvalue weighted by Crippen LogP contribution is 2.38. The van der Waals surface area contributed by atoms with Crippen LogP contribution in [-0.4, -0.2) is 36.0 Å². The van der Waals surface area contributed by atoms with Crippen molar-refractivity contribution in [3.8, 4) is 35.3 Å². The first kappa shape index (κ1) is 15.7. The molecule has 0 fully saturated rings. The smallest absolute Gasteiger partial charge is 0.196 e. The lowest BCUT2D eigenvalue weighted by atomic mass is 10.2. The van der Waals surface area contributed by atoms with Crippen LogP contribution in [0.25, 0.3) is 22.4 Å². The van der Waals surface area contributed by atoms with Gasteiger partial charge in [-0.2, -0.15) is 0 Å². The second-order valence-electron chi connectivity index (χ2n) is 5.23. The van der Waals surface area contributed by atoms with Gasteiger partial charge < -0.3 is 18.6 Å². The van der Waals surface area contributed by atoms with E-state index >= 15 is 0 Å². The van der Waals surface area contributed by atoms with E-state index in [1.165, 1.54) is 11.8 Å². The number of rotatable bonds is 5. The highest BCUT2D eigenvalue weighted by atomic mass is 32.2. The molecule has 4 rings (SSSR count). The molecule has 3 heterocycles. The summed E-state index contributed by atoms with van der Waals surface area (Å²) >= 11 is 1.49. The van der Waals surface area contributed by atoms with E-state index in [0.29, 0.717) is 28.5 Å². The van der Waals surface area contributed by atoms with Gasteiger partial charge in [0.2, 0.25) is 0 Å². The van der Waals surface area contributed by atoms with Crippen molar-refractivity contribution in [2.45, 2.75) is 10.7 Å². The van der Waals surface area contributed by atoms with Gasteiger partial charge in [-0.15, -0.1) is 6.42 Å². The predicted octanol–water partition coefficient (Wildman–Crippen LogP) is 2.90. The maximum atomic E-state index is 5.95. The minimum atomic E-state index is -0.139. The van der Waals surface area contributed by atoms with Gasteiger partial charge >= 0.3 is 0 Å². The number of thioether (sulfide) groups is 1. The molecule has 0 aliphatic carbocycles. The molecule has 128 valence electrons. The lowest BCUT2D eigenvalue weighted by molar-refractivity contribution is 0.187. The number of methoxy groups -OCH3 is 2. The average molecular weight is 357 g/mol. The van der Waals surface area contributed by atoms with Crippen LogP contribution >= 0.6 is 11.8 Å². The second-order valence-corrected chi connectivity index (χ2v) is 6.26. The Kier molecular flexibility index (Phi) is 3.95. The van der Waals surface area contributed by atoms with Crippen LogP contribution in [0.15, 0.2) is 34.0 Å². The molecule has 7 nitrogen and oxygen atoms in total. The maximum Gasteiger partial charge on any atom is 0.196 e. The lowest BCUT2D eigenvalue weighted by Crippen LogP contribution is -2.19. The number of nitrogens with one attached hydrogen (secondary N) is 1. The molecule has 8 heteroatoms. The molecular weight excluding hydrogens is 342 g/mol. The molecule has 0 bridgehead atoms. The van der Waals surface area contributed by atoms with Gasteiger partial charge in [-0.3, -0.25) is 5.43 Å². The Bertz CT molecular complexity index is 949. The van der Waals surface area contributed by atoms with Crippen LogP contribution in [0.2, 0.25) is 0 Å². The molecule has 1 N–H and O–H groups in total. The number of imidazole rings is 1. The third kappa shape index (κ3) is 2.77. The van der Waals surface area contributed by atoms with Crippen molar-refractivity contribution in [2.24, 2.45) is 0 Å². The number of terminal acetylenes is 1. The van der Waals surface area contributed by atoms with E-state index in [0.717, 1.165) is 10.5 Å². The largest absolute Gasteiger partial charge is 0.496 e. The first-order valence-electron chi connectivity index (χ1n) is 7.45. The fourth-order valence-corrected chi connectivity index (χ4v) is 3.38. The summed E-state index contributed by atoms with van der Waals surface area (Å²) in [6.07, 6.45) is 7.15. The first-order valence-corrected chi connectivity index (χ1v) is 8.33. The number of hydrogen-bond acceptors (Lipinski definition) is 7. The Hall–Kier alpha value is -2.76. The molecule has 2 aromatic heterocycles. The SMILES string of the molecule is C#CCOc1cc(OC)cc2oc(-c3cn4c(n3)SC(OC)N4)cc12. The van der Waals surface area contributed by atoms with Crippen LogP contribution in [0.1, 0.15) is 0 Å². The average Bonchev–Trinajstić information content (AvgIpc) is 3.30. The van der Waals surface area contributed by atoms with Crippen molar-refractivity contribution >= 4 is 22.7 Å². The van der Waals surface area contributed by atoms with Crippen LogP contribution in [0, 0.1) is 12.3 Å². The molecule has 0 amide bonds. The summed E-state index contributed by atoms with van der Waals surface area (Å²) in [7, 11) is 3.23. The molecule has 0 saturated heterocycles. The Morgan fingerprint density at radius 1 is 1.40 bits per heavy atom. The highest BCUT2D eigenvalue weighted by molar-refractivity contribution is 7.99. The van der Waals surface area contributed by atoms with Gasteiger partial charge in [-0.25, -0.2) is 9.66 Å². The summed E-state index contributed by atoms with van der Waals surface area (Å²) in [4.78, 5) is 4.57. The zero-order valence-electron chi connectivity index (χ0n) is 13.6. The predicted molar refractivity (Wildman–Crippen MR) is 94.3 cm³/mol. The maximum absolute atomic E-state index is 5.95. The van der Waals surface area contributed by atoms with Crippen molar-refractivity contribution in [3.05, 3.63) is 24.4 Å². The fourth-order valence-electron chi connectivity index (χ4n) is 2.56. The van der Waals surface area contributed by atoms with E-state index in [-0.39, 0.29) is 12.2 Å². The minimum absolute atomic E-state index is 0.139. The van der Waals surface area contributed by atoms with Crippen LogP contribution in [-0.2, 0) is 4.74 Å². The van der Waals surface area contributed by atoms with Crippen molar-refractivity contribution < 1.29 is 18.6 Å². The zero-order valence-corrected chi connectivity index (χ0v) is 14.4. The van der Waals surface area contributed by atoms with Gasteiger partial charge in [0, 0.05) is 19.2 Å². The number of hydrogen-bond donors (Lipinski definition) is 1. The van der Waals surface area contributed by atoms with Crippen LogP contribution < -0.4 is 14.9 Å². The summed E-state index contributed by atoms with van der Waals surface area (Å²) in [5, 5.41) is 1.62. The van der Waals surface area contributed by atoms with Gasteiger partial charge in [-0.05, 0) is 17.8 Å². The number of benzene rings is 1. The van der Waals surface area contributed by atoms with Crippen molar-refractivity contribution in [1.82, 2.24) is 9.66 Å². The van der Waals surface area contributed by atoms with Gasteiger partial charge in [0.1, 0.15) is 29.4 Å². The Balaban J connectivity index is 1.73. The summed E-state index contributed by atoms with van der Waals surface area (Å²) in [5.74, 6) is 4.34. The monoisotopic (exact) mass is 357 g/mol. The van der Waals surface area contributed by atoms with Crippen LogP contribution in [0.4, 0.5) is 0 Å². The summed E-state index contributed by atoms with van der Waals surface area (Å²) < 4.78 is 23.9. The van der Waals surface area contributed by atoms with E-state index in [1.807, 2.05) is 16.9 Å². The topological polar surface area (TPSA) is 70.7 Å². The number of furan rings is 1. The quantitative estimate of drug-likeness (QED) is 0.704. The third-order valence-electron chi connectivity index (χ3n) is 3.72. The molecular formula is C17H15N3O4S. The second kappa shape index (κ2) is 6.27. The zero-order chi connectivity index (χ0) is 17.4.